The Kier molecular flexibility index (Phi) is 6.51. The van der Waals surface area contributed by atoms with Crippen LogP contribution in [0.2, 0.25) is 0 Å². The highest BCUT2D eigenvalue weighted by molar-refractivity contribution is 6.08. The van der Waals surface area contributed by atoms with E-state index in [0.29, 0.717) is 18.0 Å². The largest absolute Gasteiger partial charge is 0.493 e. The summed E-state index contributed by atoms with van der Waals surface area (Å²) in [7, 11) is 1.35. The summed E-state index contributed by atoms with van der Waals surface area (Å²) in [5.74, 6) is -0.574. The highest BCUT2D eigenvalue weighted by atomic mass is 16.6. The summed E-state index contributed by atoms with van der Waals surface area (Å²) in [5, 5.41) is 16.7. The van der Waals surface area contributed by atoms with Gasteiger partial charge in [-0.1, -0.05) is 0 Å². The molecule has 0 aliphatic rings. The number of ether oxygens (including phenoxy) is 2. The molecule has 0 fully saturated rings. The van der Waals surface area contributed by atoms with E-state index in [4.69, 9.17) is 13.9 Å². The lowest BCUT2D eigenvalue weighted by Gasteiger charge is -2.12. The number of rotatable bonds is 8. The SMILES string of the molecule is CCOc1cc(C(=O)Nc2ccc(NC(=O)c3ccco3)cc2)c([N+](=O)[O-])cc1OC. The van der Waals surface area contributed by atoms with Gasteiger partial charge in [0, 0.05) is 17.4 Å². The summed E-state index contributed by atoms with van der Waals surface area (Å²) in [6.07, 6.45) is 1.39. The van der Waals surface area contributed by atoms with Gasteiger partial charge in [0.05, 0.1) is 31.0 Å². The highest BCUT2D eigenvalue weighted by Crippen LogP contribution is 2.35. The summed E-state index contributed by atoms with van der Waals surface area (Å²) in [4.78, 5) is 35.5. The van der Waals surface area contributed by atoms with Crippen LogP contribution in [0, 0.1) is 10.1 Å². The molecule has 1 heterocycles. The number of nitrogens with one attached hydrogen (secondary N) is 2. The molecule has 0 spiro atoms. The summed E-state index contributed by atoms with van der Waals surface area (Å²) < 4.78 is 15.5. The van der Waals surface area contributed by atoms with Crippen LogP contribution in [0.4, 0.5) is 17.1 Å². The Morgan fingerprint density at radius 1 is 1.03 bits per heavy atom. The van der Waals surface area contributed by atoms with Crippen molar-refractivity contribution in [2.45, 2.75) is 6.92 Å². The van der Waals surface area contributed by atoms with Crippen LogP contribution in [0.5, 0.6) is 11.5 Å². The number of carbonyl (C=O) groups excluding carboxylic acids is 2. The summed E-state index contributed by atoms with van der Waals surface area (Å²) in [6, 6.07) is 11.8. The maximum absolute atomic E-state index is 12.7. The number of benzene rings is 2. The second-order valence-electron chi connectivity index (χ2n) is 6.17. The zero-order chi connectivity index (χ0) is 22.4. The molecular weight excluding hydrogens is 406 g/mol. The molecule has 10 nitrogen and oxygen atoms in total. The predicted molar refractivity (Wildman–Crippen MR) is 112 cm³/mol. The molecule has 0 atom stereocenters. The van der Waals surface area contributed by atoms with Gasteiger partial charge in [-0.05, 0) is 43.3 Å². The van der Waals surface area contributed by atoms with E-state index in [2.05, 4.69) is 10.6 Å². The van der Waals surface area contributed by atoms with Gasteiger partial charge in [-0.15, -0.1) is 0 Å². The van der Waals surface area contributed by atoms with Crippen LogP contribution in [0.15, 0.2) is 59.2 Å². The Labute approximate surface area is 176 Å². The molecule has 160 valence electrons. The Morgan fingerprint density at radius 3 is 2.19 bits per heavy atom. The molecule has 3 aromatic rings. The lowest BCUT2D eigenvalue weighted by atomic mass is 10.1. The first-order valence-electron chi connectivity index (χ1n) is 9.18. The number of nitro groups is 1. The second kappa shape index (κ2) is 9.44. The number of furan rings is 1. The lowest BCUT2D eigenvalue weighted by Crippen LogP contribution is -2.15. The number of carbonyl (C=O) groups is 2. The van der Waals surface area contributed by atoms with Crippen molar-refractivity contribution in [3.8, 4) is 11.5 Å². The number of hydrogen-bond donors (Lipinski definition) is 2. The van der Waals surface area contributed by atoms with Gasteiger partial charge in [0.2, 0.25) is 0 Å². The molecule has 3 rings (SSSR count). The molecule has 0 radical (unpaired) electrons. The van der Waals surface area contributed by atoms with Crippen LogP contribution in [0.3, 0.4) is 0 Å². The van der Waals surface area contributed by atoms with Gasteiger partial charge in [0.25, 0.3) is 17.5 Å². The van der Waals surface area contributed by atoms with Gasteiger partial charge in [0.15, 0.2) is 17.3 Å². The molecule has 0 unspecified atom stereocenters. The monoisotopic (exact) mass is 425 g/mol. The van der Waals surface area contributed by atoms with Crippen LogP contribution in [-0.4, -0.2) is 30.5 Å². The summed E-state index contributed by atoms with van der Waals surface area (Å²) >= 11 is 0. The average molecular weight is 425 g/mol. The molecule has 2 amide bonds. The number of amides is 2. The van der Waals surface area contributed by atoms with Crippen molar-refractivity contribution in [2.75, 3.05) is 24.4 Å². The zero-order valence-corrected chi connectivity index (χ0v) is 16.7. The number of methoxy groups -OCH3 is 1. The molecule has 1 aromatic heterocycles. The first-order valence-corrected chi connectivity index (χ1v) is 9.18. The summed E-state index contributed by atoms with van der Waals surface area (Å²) in [5.41, 5.74) is 0.266. The van der Waals surface area contributed by atoms with Crippen LogP contribution >= 0.6 is 0 Å². The molecule has 0 bridgehead atoms. The molecule has 0 saturated carbocycles. The van der Waals surface area contributed by atoms with E-state index in [9.17, 15) is 19.7 Å². The van der Waals surface area contributed by atoms with E-state index >= 15 is 0 Å². The lowest BCUT2D eigenvalue weighted by molar-refractivity contribution is -0.385. The number of nitro benzene ring substituents is 1. The Bertz CT molecular complexity index is 1090. The van der Waals surface area contributed by atoms with E-state index in [1.165, 1.54) is 25.5 Å². The van der Waals surface area contributed by atoms with Crippen molar-refractivity contribution in [3.63, 3.8) is 0 Å². The van der Waals surface area contributed by atoms with Gasteiger partial charge >= 0.3 is 0 Å². The maximum atomic E-state index is 12.7. The van der Waals surface area contributed by atoms with Crippen LogP contribution in [0.25, 0.3) is 0 Å². The Balaban J connectivity index is 1.78. The van der Waals surface area contributed by atoms with Crippen molar-refractivity contribution in [3.05, 3.63) is 76.2 Å². The molecule has 2 aromatic carbocycles. The number of nitrogens with zero attached hydrogens (tertiary/aromatic N) is 1. The minimum atomic E-state index is -0.692. The van der Waals surface area contributed by atoms with Crippen LogP contribution < -0.4 is 20.1 Å². The van der Waals surface area contributed by atoms with Crippen molar-refractivity contribution in [1.29, 1.82) is 0 Å². The van der Waals surface area contributed by atoms with Crippen molar-refractivity contribution < 1.29 is 28.4 Å². The summed E-state index contributed by atoms with van der Waals surface area (Å²) in [6.45, 7) is 2.03. The molecule has 2 N–H and O–H groups in total. The highest BCUT2D eigenvalue weighted by Gasteiger charge is 2.25. The third-order valence-corrected chi connectivity index (χ3v) is 4.17. The van der Waals surface area contributed by atoms with Gasteiger partial charge < -0.3 is 24.5 Å². The van der Waals surface area contributed by atoms with E-state index in [0.717, 1.165) is 6.07 Å². The fourth-order valence-corrected chi connectivity index (χ4v) is 2.75. The minimum Gasteiger partial charge on any atom is -0.493 e. The van der Waals surface area contributed by atoms with Gasteiger partial charge in [-0.3, -0.25) is 19.7 Å². The molecular formula is C21H19N3O7. The smallest absolute Gasteiger partial charge is 0.291 e. The van der Waals surface area contributed by atoms with E-state index in [1.807, 2.05) is 0 Å². The van der Waals surface area contributed by atoms with Crippen LogP contribution in [0.1, 0.15) is 27.8 Å². The van der Waals surface area contributed by atoms with Gasteiger partial charge in [-0.25, -0.2) is 0 Å². The Morgan fingerprint density at radius 2 is 1.68 bits per heavy atom. The number of anilines is 2. The topological polar surface area (TPSA) is 133 Å². The molecule has 0 saturated heterocycles. The minimum absolute atomic E-state index is 0.154. The van der Waals surface area contributed by atoms with Crippen molar-refractivity contribution in [1.82, 2.24) is 0 Å². The normalized spacial score (nSPS) is 10.3. The average Bonchev–Trinajstić information content (AvgIpc) is 3.30. The van der Waals surface area contributed by atoms with Crippen molar-refractivity contribution >= 4 is 28.9 Å². The predicted octanol–water partition coefficient (Wildman–Crippen LogP) is 4.10. The third-order valence-electron chi connectivity index (χ3n) is 4.17. The third kappa shape index (κ3) is 4.99. The van der Waals surface area contributed by atoms with E-state index in [1.54, 1.807) is 37.3 Å². The molecule has 0 aliphatic carbocycles. The Hall–Kier alpha value is -4.34. The molecule has 31 heavy (non-hydrogen) atoms. The van der Waals surface area contributed by atoms with E-state index in [-0.39, 0.29) is 22.8 Å². The first kappa shape index (κ1) is 21.4. The number of hydrogen-bond acceptors (Lipinski definition) is 7. The van der Waals surface area contributed by atoms with Crippen LogP contribution in [-0.2, 0) is 0 Å². The van der Waals surface area contributed by atoms with E-state index < -0.39 is 22.4 Å². The fraction of sp³-hybridized carbons (Fsp3) is 0.143. The van der Waals surface area contributed by atoms with Crippen molar-refractivity contribution in [2.24, 2.45) is 0 Å². The zero-order valence-electron chi connectivity index (χ0n) is 16.7. The first-order chi connectivity index (χ1) is 14.9. The molecule has 0 aliphatic heterocycles. The van der Waals surface area contributed by atoms with Gasteiger partial charge in [-0.2, -0.15) is 0 Å². The van der Waals surface area contributed by atoms with Gasteiger partial charge in [0.1, 0.15) is 5.56 Å². The fourth-order valence-electron chi connectivity index (χ4n) is 2.75. The second-order valence-corrected chi connectivity index (χ2v) is 6.17. The quantitative estimate of drug-likeness (QED) is 0.410. The standard InChI is InChI=1S/C21H19N3O7/c1-3-30-19-11-15(16(24(27)28)12-18(19)29-2)20(25)22-13-6-8-14(9-7-13)23-21(26)17-5-4-10-31-17/h4-12H,3H2,1-2H3,(H,22,25)(H,23,26). The maximum Gasteiger partial charge on any atom is 0.291 e. The molecule has 10 heteroatoms.